The fourth-order valence-corrected chi connectivity index (χ4v) is 3.61. The molecule has 5 atom stereocenters. The molecule has 190 valence electrons. The maximum atomic E-state index is 12.6. The van der Waals surface area contributed by atoms with Crippen molar-refractivity contribution in [2.45, 2.75) is 51.3 Å². The second kappa shape index (κ2) is 12.5. The summed E-state index contributed by atoms with van der Waals surface area (Å²) in [6.07, 6.45) is -2.32. The predicted octanol–water partition coefficient (Wildman–Crippen LogP) is 3.38. The first-order valence-electron chi connectivity index (χ1n) is 11.6. The van der Waals surface area contributed by atoms with E-state index in [0.29, 0.717) is 23.5 Å². The van der Waals surface area contributed by atoms with Gasteiger partial charge in [0.15, 0.2) is 12.2 Å². The Morgan fingerprint density at radius 2 is 1.34 bits per heavy atom. The minimum Gasteiger partial charge on any atom is -0.508 e. The molecule has 2 fully saturated rings. The van der Waals surface area contributed by atoms with E-state index in [2.05, 4.69) is 0 Å². The van der Waals surface area contributed by atoms with E-state index >= 15 is 0 Å². The van der Waals surface area contributed by atoms with Crippen molar-refractivity contribution in [3.8, 4) is 11.5 Å². The summed E-state index contributed by atoms with van der Waals surface area (Å²) in [6, 6.07) is 12.4. The molecular formula is C26H32O9. The number of ether oxygens (including phenoxy) is 6. The van der Waals surface area contributed by atoms with Gasteiger partial charge in [-0.05, 0) is 55.5 Å². The lowest BCUT2D eigenvalue weighted by molar-refractivity contribution is -0.0287. The van der Waals surface area contributed by atoms with Crippen LogP contribution in [0.25, 0.3) is 0 Å². The highest BCUT2D eigenvalue weighted by Gasteiger charge is 2.51. The molecule has 0 amide bonds. The van der Waals surface area contributed by atoms with E-state index in [1.807, 2.05) is 20.8 Å². The van der Waals surface area contributed by atoms with Gasteiger partial charge in [0.2, 0.25) is 0 Å². The fourth-order valence-electron chi connectivity index (χ4n) is 3.61. The Kier molecular flexibility index (Phi) is 9.47. The summed E-state index contributed by atoms with van der Waals surface area (Å²) >= 11 is 0. The average Bonchev–Trinajstić information content (AvgIpc) is 3.47. The molecule has 2 aliphatic rings. The van der Waals surface area contributed by atoms with E-state index in [1.54, 1.807) is 31.4 Å². The van der Waals surface area contributed by atoms with Crippen molar-refractivity contribution in [1.82, 2.24) is 0 Å². The Morgan fingerprint density at radius 1 is 0.886 bits per heavy atom. The van der Waals surface area contributed by atoms with Crippen molar-refractivity contribution in [3.05, 3.63) is 59.7 Å². The van der Waals surface area contributed by atoms with Crippen molar-refractivity contribution >= 4 is 11.9 Å². The first-order valence-corrected chi connectivity index (χ1v) is 11.6. The summed E-state index contributed by atoms with van der Waals surface area (Å²) in [5.74, 6) is -0.371. The van der Waals surface area contributed by atoms with Crippen LogP contribution in [-0.4, -0.2) is 74.5 Å². The number of benzene rings is 2. The van der Waals surface area contributed by atoms with Crippen molar-refractivity contribution in [2.75, 3.05) is 26.9 Å². The zero-order valence-corrected chi connectivity index (χ0v) is 20.3. The van der Waals surface area contributed by atoms with Crippen molar-refractivity contribution in [3.63, 3.8) is 0 Å². The van der Waals surface area contributed by atoms with Gasteiger partial charge >= 0.3 is 11.9 Å². The summed E-state index contributed by atoms with van der Waals surface area (Å²) in [4.78, 5) is 24.9. The van der Waals surface area contributed by atoms with Crippen LogP contribution in [0.2, 0.25) is 0 Å². The zero-order valence-electron chi connectivity index (χ0n) is 20.3. The molecule has 0 radical (unpaired) electrons. The number of rotatable bonds is 8. The minimum absolute atomic E-state index is 0.0412. The van der Waals surface area contributed by atoms with Crippen LogP contribution in [0.15, 0.2) is 48.5 Å². The SMILES string of the molecule is CC.COC(C)COc1ccc(C(=O)OC2COC3C(OC(=O)c4ccc(O)cc4)COC23)cc1. The quantitative estimate of drug-likeness (QED) is 0.559. The maximum Gasteiger partial charge on any atom is 0.338 e. The van der Waals surface area contributed by atoms with E-state index in [-0.39, 0.29) is 25.1 Å². The number of phenolic OH excluding ortho intramolecular Hbond substituents is 1. The second-order valence-corrected chi connectivity index (χ2v) is 7.91. The largest absolute Gasteiger partial charge is 0.508 e. The Bertz CT molecular complexity index is 958. The van der Waals surface area contributed by atoms with Gasteiger partial charge in [-0.25, -0.2) is 9.59 Å². The van der Waals surface area contributed by atoms with Crippen LogP contribution in [0.3, 0.4) is 0 Å². The number of hydrogen-bond donors (Lipinski definition) is 1. The molecule has 2 aromatic rings. The Morgan fingerprint density at radius 3 is 1.80 bits per heavy atom. The van der Waals surface area contributed by atoms with Gasteiger partial charge in [0.1, 0.15) is 30.3 Å². The normalized spacial score (nSPS) is 23.4. The summed E-state index contributed by atoms with van der Waals surface area (Å²) in [5, 5.41) is 9.35. The first kappa shape index (κ1) is 26.5. The van der Waals surface area contributed by atoms with Gasteiger partial charge in [0, 0.05) is 7.11 Å². The number of hydrogen-bond acceptors (Lipinski definition) is 9. The van der Waals surface area contributed by atoms with E-state index < -0.39 is 36.4 Å². The fraction of sp³-hybridized carbons (Fsp3) is 0.462. The summed E-state index contributed by atoms with van der Waals surface area (Å²) < 4.78 is 33.3. The van der Waals surface area contributed by atoms with Crippen LogP contribution >= 0.6 is 0 Å². The van der Waals surface area contributed by atoms with E-state index in [9.17, 15) is 14.7 Å². The number of phenols is 1. The molecule has 2 saturated heterocycles. The van der Waals surface area contributed by atoms with Gasteiger partial charge in [-0.2, -0.15) is 0 Å². The number of esters is 2. The summed E-state index contributed by atoms with van der Waals surface area (Å²) in [6.45, 7) is 6.58. The van der Waals surface area contributed by atoms with Gasteiger partial charge in [-0.3, -0.25) is 0 Å². The third kappa shape index (κ3) is 6.72. The van der Waals surface area contributed by atoms with Crippen LogP contribution in [0, 0.1) is 0 Å². The topological polar surface area (TPSA) is 110 Å². The molecule has 0 aliphatic carbocycles. The second-order valence-electron chi connectivity index (χ2n) is 7.91. The molecule has 0 spiro atoms. The molecule has 35 heavy (non-hydrogen) atoms. The van der Waals surface area contributed by atoms with E-state index in [1.165, 1.54) is 24.3 Å². The molecule has 1 N–H and O–H groups in total. The van der Waals surface area contributed by atoms with Crippen LogP contribution in [0.1, 0.15) is 41.5 Å². The number of fused-ring (bicyclic) bond motifs is 1. The lowest BCUT2D eigenvalue weighted by Gasteiger charge is -2.17. The Balaban J connectivity index is 0.00000167. The van der Waals surface area contributed by atoms with E-state index in [0.717, 1.165) is 0 Å². The highest BCUT2D eigenvalue weighted by atomic mass is 16.7. The maximum absolute atomic E-state index is 12.6. The number of carbonyl (C=O) groups excluding carboxylic acids is 2. The Hall–Kier alpha value is -3.14. The standard InChI is InChI=1S/C24H26O9.C2H6/c1-14(28-2)11-29-18-9-5-16(6-10-18)24(27)33-20-13-31-21-19(12-30-22(20)21)32-23(26)15-3-7-17(25)8-4-15;1-2/h3-10,14,19-22,25H,11-13H2,1-2H3;1-2H3. The lowest BCUT2D eigenvalue weighted by atomic mass is 10.1. The van der Waals surface area contributed by atoms with Crippen molar-refractivity contribution in [2.24, 2.45) is 0 Å². The molecule has 5 unspecified atom stereocenters. The predicted molar refractivity (Wildman–Crippen MR) is 126 cm³/mol. The smallest absolute Gasteiger partial charge is 0.338 e. The number of methoxy groups -OCH3 is 1. The van der Waals surface area contributed by atoms with E-state index in [4.69, 9.17) is 28.4 Å². The Labute approximate surface area is 204 Å². The zero-order chi connectivity index (χ0) is 25.4. The third-order valence-electron chi connectivity index (χ3n) is 5.56. The lowest BCUT2D eigenvalue weighted by Crippen LogP contribution is -2.36. The number of aromatic hydroxyl groups is 1. The number of carbonyl (C=O) groups is 2. The van der Waals surface area contributed by atoms with Crippen LogP contribution < -0.4 is 4.74 Å². The average molecular weight is 489 g/mol. The summed E-state index contributed by atoms with van der Waals surface area (Å²) in [7, 11) is 1.61. The molecular weight excluding hydrogens is 456 g/mol. The highest BCUT2D eigenvalue weighted by molar-refractivity contribution is 5.90. The molecule has 2 aromatic carbocycles. The highest BCUT2D eigenvalue weighted by Crippen LogP contribution is 2.31. The molecule has 0 saturated carbocycles. The van der Waals surface area contributed by atoms with Crippen LogP contribution in [-0.2, 0) is 23.7 Å². The van der Waals surface area contributed by atoms with Crippen LogP contribution in [0.5, 0.6) is 11.5 Å². The molecule has 9 heteroatoms. The monoisotopic (exact) mass is 488 g/mol. The van der Waals surface area contributed by atoms with Gasteiger partial charge in [-0.15, -0.1) is 0 Å². The first-order chi connectivity index (χ1) is 16.9. The third-order valence-corrected chi connectivity index (χ3v) is 5.56. The molecule has 0 bridgehead atoms. The molecule has 9 nitrogen and oxygen atoms in total. The van der Waals surface area contributed by atoms with Crippen molar-refractivity contribution in [1.29, 1.82) is 0 Å². The molecule has 4 rings (SSSR count). The summed E-state index contributed by atoms with van der Waals surface area (Å²) in [5.41, 5.74) is 0.681. The van der Waals surface area contributed by atoms with Crippen molar-refractivity contribution < 1.29 is 43.1 Å². The van der Waals surface area contributed by atoms with Crippen LogP contribution in [0.4, 0.5) is 0 Å². The van der Waals surface area contributed by atoms with Gasteiger partial charge in [0.25, 0.3) is 0 Å². The van der Waals surface area contributed by atoms with Gasteiger partial charge in [0.05, 0.1) is 30.4 Å². The molecule has 0 aromatic heterocycles. The molecule has 2 aliphatic heterocycles. The molecule has 2 heterocycles. The van der Waals surface area contributed by atoms with Gasteiger partial charge < -0.3 is 33.5 Å². The minimum atomic E-state index is -0.620. The van der Waals surface area contributed by atoms with Gasteiger partial charge in [-0.1, -0.05) is 13.8 Å².